The number of benzene rings is 2. The van der Waals surface area contributed by atoms with Gasteiger partial charge < -0.3 is 19.9 Å². The fraction of sp³-hybridized carbons (Fsp3) is 0.409. The number of nitrogens with one attached hydrogen (secondary N) is 1. The van der Waals surface area contributed by atoms with Gasteiger partial charge in [0.15, 0.2) is 0 Å². The standard InChI is InChI=1S/C22H24FN3O2/c23-15-5-7-16(8-6-15)28-12-2-10-25-11-9-20-18(13-25)17-3-1-4-19-22(17)26(20)14-21(27)24-19/h1,3-8,18,20H,2,9-14H2,(H,24,27)/t18-,20+/m1/s1. The topological polar surface area (TPSA) is 44.8 Å². The Labute approximate surface area is 164 Å². The molecule has 0 bridgehead atoms. The molecule has 5 nitrogen and oxygen atoms in total. The fourth-order valence-electron chi connectivity index (χ4n) is 4.89. The Hall–Kier alpha value is -2.60. The molecule has 2 aromatic carbocycles. The van der Waals surface area contributed by atoms with Gasteiger partial charge in [0, 0.05) is 31.6 Å². The Bertz CT molecular complexity index is 886. The Morgan fingerprint density at radius 3 is 2.89 bits per heavy atom. The second kappa shape index (κ2) is 7.09. The van der Waals surface area contributed by atoms with Crippen LogP contribution < -0.4 is 15.0 Å². The van der Waals surface area contributed by atoms with Crippen LogP contribution in [0.3, 0.4) is 0 Å². The number of para-hydroxylation sites is 1. The highest BCUT2D eigenvalue weighted by molar-refractivity contribution is 6.03. The van der Waals surface area contributed by atoms with Gasteiger partial charge in [0.05, 0.1) is 24.5 Å². The van der Waals surface area contributed by atoms with Crippen LogP contribution in [-0.2, 0) is 4.79 Å². The van der Waals surface area contributed by atoms with Crippen LogP contribution >= 0.6 is 0 Å². The molecular formula is C22H24FN3O2. The van der Waals surface area contributed by atoms with E-state index in [1.807, 2.05) is 6.07 Å². The van der Waals surface area contributed by atoms with Gasteiger partial charge in [-0.25, -0.2) is 4.39 Å². The molecule has 3 heterocycles. The molecule has 0 spiro atoms. The van der Waals surface area contributed by atoms with Gasteiger partial charge in [-0.3, -0.25) is 4.79 Å². The molecule has 1 N–H and O–H groups in total. The molecule has 6 heteroatoms. The number of nitrogens with zero attached hydrogens (tertiary/aromatic N) is 2. The van der Waals surface area contributed by atoms with Crippen molar-refractivity contribution in [3.05, 3.63) is 53.8 Å². The summed E-state index contributed by atoms with van der Waals surface area (Å²) in [4.78, 5) is 16.9. The minimum absolute atomic E-state index is 0.0886. The van der Waals surface area contributed by atoms with Crippen LogP contribution in [0.4, 0.5) is 15.8 Å². The number of anilines is 2. The van der Waals surface area contributed by atoms with E-state index in [2.05, 4.69) is 27.2 Å². The lowest BCUT2D eigenvalue weighted by Crippen LogP contribution is -2.49. The van der Waals surface area contributed by atoms with Gasteiger partial charge in [0.25, 0.3) is 0 Å². The van der Waals surface area contributed by atoms with Gasteiger partial charge in [-0.2, -0.15) is 0 Å². The van der Waals surface area contributed by atoms with Crippen LogP contribution in [-0.4, -0.2) is 49.6 Å². The second-order valence-electron chi connectivity index (χ2n) is 7.84. The van der Waals surface area contributed by atoms with E-state index in [1.165, 1.54) is 23.4 Å². The summed E-state index contributed by atoms with van der Waals surface area (Å²) in [5.41, 5.74) is 3.57. The van der Waals surface area contributed by atoms with E-state index in [0.29, 0.717) is 30.9 Å². The number of ether oxygens (including phenoxy) is 1. The van der Waals surface area contributed by atoms with Crippen molar-refractivity contribution in [3.63, 3.8) is 0 Å². The zero-order valence-electron chi connectivity index (χ0n) is 15.7. The number of fused-ring (bicyclic) bond motifs is 3. The first-order valence-corrected chi connectivity index (χ1v) is 9.99. The lowest BCUT2D eigenvalue weighted by atomic mass is 9.89. The molecule has 1 fully saturated rings. The summed E-state index contributed by atoms with van der Waals surface area (Å²) in [6.45, 7) is 4.14. The molecule has 1 saturated heterocycles. The van der Waals surface area contributed by atoms with Crippen LogP contribution in [0.5, 0.6) is 5.75 Å². The average Bonchev–Trinajstić information content (AvgIpc) is 3.01. The molecule has 0 unspecified atom stereocenters. The van der Waals surface area contributed by atoms with Gasteiger partial charge >= 0.3 is 0 Å². The summed E-state index contributed by atoms with van der Waals surface area (Å²) in [5.74, 6) is 1.01. The van der Waals surface area contributed by atoms with Crippen LogP contribution in [0, 0.1) is 5.82 Å². The quantitative estimate of drug-likeness (QED) is 0.808. The van der Waals surface area contributed by atoms with Gasteiger partial charge in [0.2, 0.25) is 5.91 Å². The molecule has 5 rings (SSSR count). The number of amides is 1. The number of carbonyl (C=O) groups excluding carboxylic acids is 1. The third kappa shape index (κ3) is 3.11. The Morgan fingerprint density at radius 2 is 2.04 bits per heavy atom. The van der Waals surface area contributed by atoms with Gasteiger partial charge in [-0.1, -0.05) is 12.1 Å². The van der Waals surface area contributed by atoms with Crippen LogP contribution in [0.15, 0.2) is 42.5 Å². The van der Waals surface area contributed by atoms with Crippen LogP contribution in [0.2, 0.25) is 0 Å². The first-order valence-electron chi connectivity index (χ1n) is 9.99. The molecule has 0 aliphatic carbocycles. The molecule has 0 aromatic heterocycles. The maximum atomic E-state index is 12.9. The number of carbonyl (C=O) groups is 1. The van der Waals surface area contributed by atoms with Crippen molar-refractivity contribution in [3.8, 4) is 5.75 Å². The molecular weight excluding hydrogens is 357 g/mol. The van der Waals surface area contributed by atoms with E-state index in [9.17, 15) is 9.18 Å². The summed E-state index contributed by atoms with van der Waals surface area (Å²) in [7, 11) is 0. The Kier molecular flexibility index (Phi) is 4.43. The fourth-order valence-corrected chi connectivity index (χ4v) is 4.89. The molecule has 0 radical (unpaired) electrons. The minimum Gasteiger partial charge on any atom is -0.494 e. The van der Waals surface area contributed by atoms with E-state index in [4.69, 9.17) is 4.74 Å². The Morgan fingerprint density at radius 1 is 1.18 bits per heavy atom. The van der Waals surface area contributed by atoms with E-state index in [1.54, 1.807) is 12.1 Å². The lowest BCUT2D eigenvalue weighted by molar-refractivity contribution is -0.115. The van der Waals surface area contributed by atoms with Crippen molar-refractivity contribution in [2.75, 3.05) is 43.0 Å². The average molecular weight is 381 g/mol. The third-order valence-corrected chi connectivity index (χ3v) is 6.10. The zero-order chi connectivity index (χ0) is 19.1. The normalized spacial score (nSPS) is 23.2. The molecule has 3 aliphatic rings. The summed E-state index contributed by atoms with van der Waals surface area (Å²) < 4.78 is 18.7. The summed E-state index contributed by atoms with van der Waals surface area (Å²) in [6, 6.07) is 12.9. The molecule has 0 saturated carbocycles. The smallest absolute Gasteiger partial charge is 0.243 e. The summed E-state index contributed by atoms with van der Waals surface area (Å²) >= 11 is 0. The number of likely N-dealkylation sites (tertiary alicyclic amines) is 1. The highest BCUT2D eigenvalue weighted by atomic mass is 19.1. The van der Waals surface area contributed by atoms with Crippen LogP contribution in [0.25, 0.3) is 0 Å². The van der Waals surface area contributed by atoms with Gasteiger partial charge in [-0.15, -0.1) is 0 Å². The van der Waals surface area contributed by atoms with Gasteiger partial charge in [-0.05, 0) is 48.7 Å². The monoisotopic (exact) mass is 381 g/mol. The minimum atomic E-state index is -0.245. The molecule has 2 atom stereocenters. The lowest BCUT2D eigenvalue weighted by Gasteiger charge is -2.39. The van der Waals surface area contributed by atoms with Crippen molar-refractivity contribution in [2.24, 2.45) is 0 Å². The number of rotatable bonds is 5. The van der Waals surface area contributed by atoms with Gasteiger partial charge in [0.1, 0.15) is 11.6 Å². The highest BCUT2D eigenvalue weighted by Crippen LogP contribution is 2.49. The maximum absolute atomic E-state index is 12.9. The van der Waals surface area contributed by atoms with Crippen molar-refractivity contribution in [1.29, 1.82) is 0 Å². The van der Waals surface area contributed by atoms with E-state index in [-0.39, 0.29) is 11.7 Å². The van der Waals surface area contributed by atoms with Crippen molar-refractivity contribution >= 4 is 17.3 Å². The number of hydrogen-bond acceptors (Lipinski definition) is 4. The predicted molar refractivity (Wildman–Crippen MR) is 107 cm³/mol. The number of piperidine rings is 1. The Balaban J connectivity index is 1.20. The zero-order valence-corrected chi connectivity index (χ0v) is 15.7. The second-order valence-corrected chi connectivity index (χ2v) is 7.84. The van der Waals surface area contributed by atoms with E-state index >= 15 is 0 Å². The largest absolute Gasteiger partial charge is 0.494 e. The van der Waals surface area contributed by atoms with Crippen LogP contribution in [0.1, 0.15) is 24.3 Å². The number of halogens is 1. The molecule has 1 amide bonds. The van der Waals surface area contributed by atoms with Crippen molar-refractivity contribution in [1.82, 2.24) is 4.90 Å². The molecule has 2 aromatic rings. The summed E-state index contributed by atoms with van der Waals surface area (Å²) in [6.07, 6.45) is 2.01. The third-order valence-electron chi connectivity index (χ3n) is 6.10. The van der Waals surface area contributed by atoms with Crippen molar-refractivity contribution in [2.45, 2.75) is 24.8 Å². The summed E-state index contributed by atoms with van der Waals surface area (Å²) in [5, 5.41) is 3.02. The molecule has 28 heavy (non-hydrogen) atoms. The SMILES string of the molecule is O=C1CN2c3c(cccc3[C@H]3CN(CCCOc4ccc(F)cc4)CC[C@@H]32)N1. The molecule has 3 aliphatic heterocycles. The maximum Gasteiger partial charge on any atom is 0.243 e. The number of hydrogen-bond donors (Lipinski definition) is 1. The van der Waals surface area contributed by atoms with Crippen molar-refractivity contribution < 1.29 is 13.9 Å². The highest BCUT2D eigenvalue weighted by Gasteiger charge is 2.44. The predicted octanol–water partition coefficient (Wildman–Crippen LogP) is 3.22. The first-order chi connectivity index (χ1) is 13.7. The first kappa shape index (κ1) is 17.5. The molecule has 146 valence electrons. The van der Waals surface area contributed by atoms with E-state index in [0.717, 1.165) is 38.2 Å². The van der Waals surface area contributed by atoms with E-state index < -0.39 is 0 Å².